The van der Waals surface area contributed by atoms with E-state index in [1.807, 2.05) is 0 Å². The summed E-state index contributed by atoms with van der Waals surface area (Å²) in [6.45, 7) is 2.54. The maximum absolute atomic E-state index is 14.2. The molecule has 180 valence electrons. The smallest absolute Gasteiger partial charge is 0.422 e. The predicted octanol–water partition coefficient (Wildman–Crippen LogP) is 5.26. The van der Waals surface area contributed by atoms with Crippen molar-refractivity contribution in [3.63, 3.8) is 0 Å². The Hall–Kier alpha value is -3.30. The van der Waals surface area contributed by atoms with Crippen molar-refractivity contribution in [3.8, 4) is 16.9 Å². The fraction of sp³-hybridized carbons (Fsp3) is 0.250. The standard InChI is InChI=1S/C24H21ClF3NO5/c1-12-8-16(11-29-21(12)30)23(33,24(26,27)28)13(2)17-6-4-14(9-19(17)25)15-5-7-18(22(31)32)20(10-15)34-3/h4-11,13,33H,1-3H3,(H,29,30)(H,31,32). The molecular formula is C24H21ClF3NO5. The van der Waals surface area contributed by atoms with Crippen molar-refractivity contribution < 1.29 is 32.9 Å². The number of aliphatic hydroxyl groups is 1. The summed E-state index contributed by atoms with van der Waals surface area (Å²) in [4.78, 5) is 25.2. The molecule has 1 aromatic heterocycles. The molecule has 1 heterocycles. The van der Waals surface area contributed by atoms with Crippen LogP contribution in [0.5, 0.6) is 5.75 Å². The van der Waals surface area contributed by atoms with Crippen molar-refractivity contribution in [1.82, 2.24) is 4.98 Å². The summed E-state index contributed by atoms with van der Waals surface area (Å²) >= 11 is 6.37. The van der Waals surface area contributed by atoms with Gasteiger partial charge in [0.1, 0.15) is 11.3 Å². The number of hydrogen-bond donors (Lipinski definition) is 3. The van der Waals surface area contributed by atoms with Gasteiger partial charge in [-0.3, -0.25) is 4.79 Å². The molecule has 0 fully saturated rings. The summed E-state index contributed by atoms with van der Waals surface area (Å²) in [5.74, 6) is -2.60. The van der Waals surface area contributed by atoms with E-state index in [0.29, 0.717) is 11.1 Å². The first kappa shape index (κ1) is 25.3. The van der Waals surface area contributed by atoms with Crippen molar-refractivity contribution in [2.24, 2.45) is 0 Å². The highest BCUT2D eigenvalue weighted by Crippen LogP contribution is 2.50. The second kappa shape index (κ2) is 9.15. The molecule has 0 bridgehead atoms. The lowest BCUT2D eigenvalue weighted by Gasteiger charge is -2.37. The van der Waals surface area contributed by atoms with Gasteiger partial charge in [0.2, 0.25) is 0 Å². The normalized spacial score (nSPS) is 14.4. The molecule has 3 rings (SSSR count). The zero-order valence-corrected chi connectivity index (χ0v) is 19.1. The fourth-order valence-corrected chi connectivity index (χ4v) is 4.15. The summed E-state index contributed by atoms with van der Waals surface area (Å²) in [6, 6.07) is 9.67. The van der Waals surface area contributed by atoms with Gasteiger partial charge in [-0.05, 0) is 47.9 Å². The average Bonchev–Trinajstić information content (AvgIpc) is 2.78. The Balaban J connectivity index is 2.08. The number of pyridine rings is 1. The minimum Gasteiger partial charge on any atom is -0.496 e. The third-order valence-corrected chi connectivity index (χ3v) is 6.15. The number of aromatic nitrogens is 1. The molecule has 0 saturated heterocycles. The summed E-state index contributed by atoms with van der Waals surface area (Å²) in [5.41, 5.74) is -3.37. The minimum absolute atomic E-state index is 0.0209. The van der Waals surface area contributed by atoms with Gasteiger partial charge in [-0.25, -0.2) is 4.79 Å². The third-order valence-electron chi connectivity index (χ3n) is 5.82. The Kier molecular flexibility index (Phi) is 6.82. The van der Waals surface area contributed by atoms with E-state index < -0.39 is 34.8 Å². The lowest BCUT2D eigenvalue weighted by Crippen LogP contribution is -2.47. The maximum atomic E-state index is 14.2. The highest BCUT2D eigenvalue weighted by Gasteiger charge is 2.59. The largest absolute Gasteiger partial charge is 0.496 e. The second-order valence-corrected chi connectivity index (χ2v) is 8.25. The van der Waals surface area contributed by atoms with Gasteiger partial charge in [0, 0.05) is 28.3 Å². The van der Waals surface area contributed by atoms with Gasteiger partial charge in [0.15, 0.2) is 5.60 Å². The van der Waals surface area contributed by atoms with Crippen LogP contribution in [0.2, 0.25) is 5.02 Å². The first-order valence-electron chi connectivity index (χ1n) is 10.0. The molecule has 10 heteroatoms. The number of alkyl halides is 3. The monoisotopic (exact) mass is 495 g/mol. The van der Waals surface area contributed by atoms with Crippen LogP contribution in [0.3, 0.4) is 0 Å². The maximum Gasteiger partial charge on any atom is 0.422 e. The Morgan fingerprint density at radius 3 is 2.26 bits per heavy atom. The molecular weight excluding hydrogens is 475 g/mol. The van der Waals surface area contributed by atoms with E-state index in [-0.39, 0.29) is 27.5 Å². The zero-order valence-electron chi connectivity index (χ0n) is 18.3. The molecule has 2 atom stereocenters. The van der Waals surface area contributed by atoms with Crippen LogP contribution in [0.25, 0.3) is 11.1 Å². The molecule has 0 radical (unpaired) electrons. The number of aromatic amines is 1. The number of aromatic carboxylic acids is 1. The summed E-state index contributed by atoms with van der Waals surface area (Å²) in [7, 11) is 1.32. The number of rotatable bonds is 6. The number of hydrogen-bond acceptors (Lipinski definition) is 4. The molecule has 0 aliphatic rings. The van der Waals surface area contributed by atoms with Gasteiger partial charge in [-0.1, -0.05) is 36.7 Å². The van der Waals surface area contributed by atoms with Crippen molar-refractivity contribution in [2.75, 3.05) is 7.11 Å². The van der Waals surface area contributed by atoms with Crippen molar-refractivity contribution in [3.05, 3.63) is 86.3 Å². The molecule has 0 aliphatic carbocycles. The second-order valence-electron chi connectivity index (χ2n) is 7.84. The first-order chi connectivity index (χ1) is 15.8. The number of ether oxygens (including phenoxy) is 1. The Bertz CT molecular complexity index is 1300. The SMILES string of the molecule is COc1cc(-c2ccc(C(C)C(O)(c3c[nH]c(=O)c(C)c3)C(F)(F)F)c(Cl)c2)ccc1C(=O)O. The highest BCUT2D eigenvalue weighted by atomic mass is 35.5. The van der Waals surface area contributed by atoms with Gasteiger partial charge >= 0.3 is 12.1 Å². The number of carboxylic acids is 1. The number of carbonyl (C=O) groups is 1. The lowest BCUT2D eigenvalue weighted by molar-refractivity contribution is -0.274. The molecule has 0 spiro atoms. The van der Waals surface area contributed by atoms with E-state index in [0.717, 1.165) is 12.3 Å². The third kappa shape index (κ3) is 4.41. The number of nitrogens with one attached hydrogen (secondary N) is 1. The van der Waals surface area contributed by atoms with E-state index in [2.05, 4.69) is 4.98 Å². The fourth-order valence-electron chi connectivity index (χ4n) is 3.81. The molecule has 0 saturated carbocycles. The van der Waals surface area contributed by atoms with Crippen LogP contribution in [0.15, 0.2) is 53.5 Å². The topological polar surface area (TPSA) is 99.6 Å². The zero-order chi connectivity index (χ0) is 25.4. The summed E-state index contributed by atoms with van der Waals surface area (Å²) < 4.78 is 47.6. The Morgan fingerprint density at radius 2 is 1.74 bits per heavy atom. The highest BCUT2D eigenvalue weighted by molar-refractivity contribution is 6.31. The number of halogens is 4. The summed E-state index contributed by atoms with van der Waals surface area (Å²) in [5, 5.41) is 20.1. The number of aryl methyl sites for hydroxylation is 1. The van der Waals surface area contributed by atoms with Crippen molar-refractivity contribution in [1.29, 1.82) is 0 Å². The van der Waals surface area contributed by atoms with E-state index in [1.54, 1.807) is 0 Å². The number of benzene rings is 2. The molecule has 6 nitrogen and oxygen atoms in total. The quantitative estimate of drug-likeness (QED) is 0.433. The van der Waals surface area contributed by atoms with Crippen LogP contribution in [-0.4, -0.2) is 34.5 Å². The molecule has 34 heavy (non-hydrogen) atoms. The van der Waals surface area contributed by atoms with Crippen LogP contribution in [0, 0.1) is 6.92 Å². The summed E-state index contributed by atoms with van der Waals surface area (Å²) in [6.07, 6.45) is -4.24. The van der Waals surface area contributed by atoms with Gasteiger partial charge in [0.05, 0.1) is 7.11 Å². The molecule has 2 aromatic carbocycles. The molecule has 2 unspecified atom stereocenters. The minimum atomic E-state index is -5.08. The van der Waals surface area contributed by atoms with E-state index >= 15 is 0 Å². The lowest BCUT2D eigenvalue weighted by atomic mass is 9.77. The van der Waals surface area contributed by atoms with Crippen LogP contribution in [0.1, 0.15) is 39.9 Å². The Morgan fingerprint density at radius 1 is 1.12 bits per heavy atom. The Labute approximate surface area is 197 Å². The number of carboxylic acid groups (broad SMARTS) is 1. The van der Waals surface area contributed by atoms with Gasteiger partial charge in [-0.15, -0.1) is 0 Å². The van der Waals surface area contributed by atoms with Crippen LogP contribution in [0.4, 0.5) is 13.2 Å². The van der Waals surface area contributed by atoms with E-state index in [9.17, 15) is 33.0 Å². The van der Waals surface area contributed by atoms with Gasteiger partial charge in [-0.2, -0.15) is 13.2 Å². The molecule has 0 amide bonds. The van der Waals surface area contributed by atoms with Crippen molar-refractivity contribution in [2.45, 2.75) is 31.5 Å². The van der Waals surface area contributed by atoms with Gasteiger partial charge in [0.25, 0.3) is 5.56 Å². The average molecular weight is 496 g/mol. The molecule has 3 aromatic rings. The van der Waals surface area contributed by atoms with Crippen molar-refractivity contribution >= 4 is 17.6 Å². The number of H-pyrrole nitrogens is 1. The van der Waals surface area contributed by atoms with Gasteiger partial charge < -0.3 is 19.9 Å². The van der Waals surface area contributed by atoms with E-state index in [1.165, 1.54) is 57.4 Å². The molecule has 3 N–H and O–H groups in total. The van der Waals surface area contributed by atoms with Crippen LogP contribution < -0.4 is 10.3 Å². The molecule has 0 aliphatic heterocycles. The van der Waals surface area contributed by atoms with E-state index in [4.69, 9.17) is 16.3 Å². The first-order valence-corrected chi connectivity index (χ1v) is 10.4. The van der Waals surface area contributed by atoms with Crippen LogP contribution in [-0.2, 0) is 5.60 Å². The number of methoxy groups -OCH3 is 1. The predicted molar refractivity (Wildman–Crippen MR) is 121 cm³/mol. The van der Waals surface area contributed by atoms with Crippen LogP contribution >= 0.6 is 11.6 Å².